The molecule has 3 aromatic heterocycles. The fraction of sp³-hybridized carbons (Fsp3) is 0.409. The zero-order chi connectivity index (χ0) is 21.6. The summed E-state index contributed by atoms with van der Waals surface area (Å²) in [6.45, 7) is 6.85. The number of rotatable bonds is 6. The average molecular weight is 419 g/mol. The van der Waals surface area contributed by atoms with Crippen LogP contribution in [0.4, 0.5) is 16.6 Å². The SMILES string of the molecule is Cc1ccc(-n2cnc(C3(Nc4nccc(N5C(=O)NCC5C(C)C)n4)CC3)c2)nc1. The minimum Gasteiger partial charge on any atom is -0.343 e. The van der Waals surface area contributed by atoms with Crippen LogP contribution in [0.1, 0.15) is 37.9 Å². The van der Waals surface area contributed by atoms with E-state index in [2.05, 4.69) is 44.4 Å². The van der Waals surface area contributed by atoms with Crippen molar-refractivity contribution in [3.05, 3.63) is 54.4 Å². The monoisotopic (exact) mass is 418 g/mol. The maximum Gasteiger partial charge on any atom is 0.323 e. The van der Waals surface area contributed by atoms with Crippen molar-refractivity contribution in [1.82, 2.24) is 29.8 Å². The molecule has 3 aromatic rings. The molecule has 1 saturated carbocycles. The summed E-state index contributed by atoms with van der Waals surface area (Å²) in [5.74, 6) is 2.26. The van der Waals surface area contributed by atoms with Crippen molar-refractivity contribution < 1.29 is 4.79 Å². The third-order valence-electron chi connectivity index (χ3n) is 6.00. The first-order valence-electron chi connectivity index (χ1n) is 10.6. The van der Waals surface area contributed by atoms with Crippen LogP contribution in [0.5, 0.6) is 0 Å². The number of nitrogens with zero attached hydrogens (tertiary/aromatic N) is 6. The molecule has 0 aromatic carbocycles. The molecular formula is C22H26N8O. The third kappa shape index (κ3) is 3.60. The Hall–Kier alpha value is -3.49. The Balaban J connectivity index is 1.38. The standard InChI is InChI=1S/C22H26N8O/c1-14(2)16-11-25-21(31)30(16)19-6-9-23-20(27-19)28-22(7-8-22)17-12-29(13-26-17)18-5-4-15(3)10-24-18/h4-6,9-10,12-14,16H,7-8,11H2,1-3H3,(H,25,31)(H,23,27,28). The van der Waals surface area contributed by atoms with Crippen LogP contribution in [-0.2, 0) is 5.54 Å². The van der Waals surface area contributed by atoms with Crippen LogP contribution >= 0.6 is 0 Å². The van der Waals surface area contributed by atoms with Crippen molar-refractivity contribution in [3.8, 4) is 5.82 Å². The Labute approximate surface area is 181 Å². The summed E-state index contributed by atoms with van der Waals surface area (Å²) < 4.78 is 1.93. The number of urea groups is 1. The number of hydrogen-bond donors (Lipinski definition) is 2. The fourth-order valence-electron chi connectivity index (χ4n) is 3.96. The number of nitrogens with one attached hydrogen (secondary N) is 2. The quantitative estimate of drug-likeness (QED) is 0.638. The number of imidazole rings is 1. The first kappa shape index (κ1) is 19.5. The summed E-state index contributed by atoms with van der Waals surface area (Å²) in [4.78, 5) is 32.3. The van der Waals surface area contributed by atoms with Crippen LogP contribution in [0.15, 0.2) is 43.1 Å². The summed E-state index contributed by atoms with van der Waals surface area (Å²) in [6, 6.07) is 5.75. The second kappa shape index (κ2) is 7.33. The molecule has 9 heteroatoms. The van der Waals surface area contributed by atoms with Crippen molar-refractivity contribution in [2.45, 2.75) is 45.2 Å². The molecule has 160 valence electrons. The van der Waals surface area contributed by atoms with Gasteiger partial charge in [-0.2, -0.15) is 4.98 Å². The maximum absolute atomic E-state index is 12.4. The van der Waals surface area contributed by atoms with Crippen molar-refractivity contribution >= 4 is 17.8 Å². The molecule has 2 fully saturated rings. The molecule has 1 aliphatic heterocycles. The molecule has 2 aliphatic rings. The lowest BCUT2D eigenvalue weighted by atomic mass is 10.0. The Bertz CT molecular complexity index is 1100. The highest BCUT2D eigenvalue weighted by Gasteiger charge is 2.47. The molecular weight excluding hydrogens is 392 g/mol. The Morgan fingerprint density at radius 1 is 1.16 bits per heavy atom. The minimum atomic E-state index is -0.292. The number of aryl methyl sites for hydroxylation is 1. The van der Waals surface area contributed by atoms with Gasteiger partial charge in [-0.15, -0.1) is 0 Å². The van der Waals surface area contributed by atoms with E-state index in [1.165, 1.54) is 0 Å². The molecule has 2 N–H and O–H groups in total. The molecule has 31 heavy (non-hydrogen) atoms. The molecule has 1 aliphatic carbocycles. The summed E-state index contributed by atoms with van der Waals surface area (Å²) >= 11 is 0. The topological polar surface area (TPSA) is 101 Å². The molecule has 2 amide bonds. The van der Waals surface area contributed by atoms with Gasteiger partial charge in [0.1, 0.15) is 18.0 Å². The normalized spacial score (nSPS) is 19.5. The second-order valence-corrected chi connectivity index (χ2v) is 8.67. The van der Waals surface area contributed by atoms with E-state index in [9.17, 15) is 4.79 Å². The fourth-order valence-corrected chi connectivity index (χ4v) is 3.96. The van der Waals surface area contributed by atoms with E-state index in [1.807, 2.05) is 36.0 Å². The van der Waals surface area contributed by atoms with Gasteiger partial charge in [0, 0.05) is 25.1 Å². The Morgan fingerprint density at radius 2 is 2.00 bits per heavy atom. The lowest BCUT2D eigenvalue weighted by Crippen LogP contribution is -2.38. The van der Waals surface area contributed by atoms with Gasteiger partial charge < -0.3 is 10.6 Å². The van der Waals surface area contributed by atoms with Crippen LogP contribution in [0.3, 0.4) is 0 Å². The van der Waals surface area contributed by atoms with Crippen LogP contribution in [0, 0.1) is 12.8 Å². The van der Waals surface area contributed by atoms with Crippen molar-refractivity contribution in [2.24, 2.45) is 5.92 Å². The molecule has 1 saturated heterocycles. The van der Waals surface area contributed by atoms with E-state index in [4.69, 9.17) is 0 Å². The Kier molecular flexibility index (Phi) is 4.60. The molecule has 0 spiro atoms. The summed E-state index contributed by atoms with van der Waals surface area (Å²) in [5, 5.41) is 6.38. The van der Waals surface area contributed by atoms with Crippen molar-refractivity contribution in [3.63, 3.8) is 0 Å². The molecule has 0 radical (unpaired) electrons. The first-order chi connectivity index (χ1) is 14.9. The highest BCUT2D eigenvalue weighted by molar-refractivity contribution is 5.94. The number of anilines is 2. The number of carbonyl (C=O) groups excluding carboxylic acids is 1. The summed E-state index contributed by atoms with van der Waals surface area (Å²) in [6.07, 6.45) is 9.21. The van der Waals surface area contributed by atoms with Gasteiger partial charge in [0.05, 0.1) is 17.3 Å². The van der Waals surface area contributed by atoms with E-state index in [-0.39, 0.29) is 17.6 Å². The Morgan fingerprint density at radius 3 is 2.71 bits per heavy atom. The molecule has 5 rings (SSSR count). The first-order valence-corrected chi connectivity index (χ1v) is 10.6. The molecule has 9 nitrogen and oxygen atoms in total. The van der Waals surface area contributed by atoms with E-state index in [0.29, 0.717) is 24.2 Å². The molecule has 1 atom stereocenters. The van der Waals surface area contributed by atoms with Gasteiger partial charge in [-0.05, 0) is 43.4 Å². The molecule has 4 heterocycles. The lowest BCUT2D eigenvalue weighted by molar-refractivity contribution is 0.251. The van der Waals surface area contributed by atoms with Crippen LogP contribution < -0.4 is 15.5 Å². The smallest absolute Gasteiger partial charge is 0.323 e. The highest BCUT2D eigenvalue weighted by atomic mass is 16.2. The minimum absolute atomic E-state index is 0.0721. The van der Waals surface area contributed by atoms with Crippen LogP contribution in [-0.4, -0.2) is 43.1 Å². The zero-order valence-corrected chi connectivity index (χ0v) is 17.9. The van der Waals surface area contributed by atoms with E-state index < -0.39 is 0 Å². The van der Waals surface area contributed by atoms with E-state index >= 15 is 0 Å². The van der Waals surface area contributed by atoms with Gasteiger partial charge >= 0.3 is 6.03 Å². The van der Waals surface area contributed by atoms with Gasteiger partial charge in [0.2, 0.25) is 5.95 Å². The average Bonchev–Trinajstić information content (AvgIpc) is 3.18. The number of amides is 2. The van der Waals surface area contributed by atoms with Crippen molar-refractivity contribution in [2.75, 3.05) is 16.8 Å². The highest BCUT2D eigenvalue weighted by Crippen LogP contribution is 2.47. The largest absolute Gasteiger partial charge is 0.343 e. The summed E-state index contributed by atoms with van der Waals surface area (Å²) in [7, 11) is 0. The van der Waals surface area contributed by atoms with Gasteiger partial charge in [0.25, 0.3) is 0 Å². The zero-order valence-electron chi connectivity index (χ0n) is 17.9. The van der Waals surface area contributed by atoms with Gasteiger partial charge in [-0.3, -0.25) is 9.47 Å². The number of hydrogen-bond acceptors (Lipinski definition) is 6. The van der Waals surface area contributed by atoms with Crippen LogP contribution in [0.2, 0.25) is 0 Å². The lowest BCUT2D eigenvalue weighted by Gasteiger charge is -2.25. The van der Waals surface area contributed by atoms with Crippen LogP contribution in [0.25, 0.3) is 5.82 Å². The third-order valence-corrected chi connectivity index (χ3v) is 6.00. The maximum atomic E-state index is 12.4. The second-order valence-electron chi connectivity index (χ2n) is 8.67. The predicted molar refractivity (Wildman–Crippen MR) is 117 cm³/mol. The van der Waals surface area contributed by atoms with Crippen molar-refractivity contribution in [1.29, 1.82) is 0 Å². The number of pyridine rings is 1. The van der Waals surface area contributed by atoms with E-state index in [1.54, 1.807) is 23.5 Å². The summed E-state index contributed by atoms with van der Waals surface area (Å²) in [5.41, 5.74) is 1.76. The van der Waals surface area contributed by atoms with Gasteiger partial charge in [-0.25, -0.2) is 19.7 Å². The predicted octanol–water partition coefficient (Wildman–Crippen LogP) is 3.02. The van der Waals surface area contributed by atoms with E-state index in [0.717, 1.165) is 29.9 Å². The molecule has 1 unspecified atom stereocenters. The van der Waals surface area contributed by atoms with Gasteiger partial charge in [-0.1, -0.05) is 19.9 Å². The van der Waals surface area contributed by atoms with Gasteiger partial charge in [0.15, 0.2) is 0 Å². The molecule has 0 bridgehead atoms. The number of aromatic nitrogens is 5. The number of carbonyl (C=O) groups is 1.